The van der Waals surface area contributed by atoms with Crippen LogP contribution in [0.2, 0.25) is 0 Å². The highest BCUT2D eigenvalue weighted by atomic mass is 79.9. The summed E-state index contributed by atoms with van der Waals surface area (Å²) in [6.07, 6.45) is 1.67. The molecule has 0 aliphatic heterocycles. The van der Waals surface area contributed by atoms with Gasteiger partial charge < -0.3 is 0 Å². The second-order valence-corrected chi connectivity index (χ2v) is 8.83. The van der Waals surface area contributed by atoms with Gasteiger partial charge in [-0.05, 0) is 24.6 Å². The van der Waals surface area contributed by atoms with Crippen molar-refractivity contribution < 1.29 is 13.2 Å². The van der Waals surface area contributed by atoms with Crippen LogP contribution in [0.25, 0.3) is 4.96 Å². The van der Waals surface area contributed by atoms with Crippen LogP contribution < -0.4 is 4.72 Å². The number of aryl methyl sites for hydroxylation is 1. The summed E-state index contributed by atoms with van der Waals surface area (Å²) in [6, 6.07) is 6.95. The van der Waals surface area contributed by atoms with E-state index in [4.69, 9.17) is 0 Å². The van der Waals surface area contributed by atoms with Gasteiger partial charge in [0.05, 0.1) is 17.9 Å². The minimum Gasteiger partial charge on any atom is -0.295 e. The third-order valence-electron chi connectivity index (χ3n) is 3.30. The second kappa shape index (κ2) is 6.66. The van der Waals surface area contributed by atoms with Crippen LogP contribution in [0.4, 0.5) is 0 Å². The van der Waals surface area contributed by atoms with Gasteiger partial charge in [0.2, 0.25) is 15.9 Å². The molecule has 2 aromatic heterocycles. The largest absolute Gasteiger partial charge is 0.295 e. The van der Waals surface area contributed by atoms with Gasteiger partial charge in [-0.2, -0.15) is 0 Å². The molecule has 0 aliphatic carbocycles. The van der Waals surface area contributed by atoms with Gasteiger partial charge in [0.15, 0.2) is 4.96 Å². The summed E-state index contributed by atoms with van der Waals surface area (Å²) < 4.78 is 29.0. The van der Waals surface area contributed by atoms with Crippen LogP contribution in [-0.2, 0) is 27.0 Å². The van der Waals surface area contributed by atoms with E-state index in [0.717, 1.165) is 15.1 Å². The van der Waals surface area contributed by atoms with E-state index in [9.17, 15) is 13.2 Å². The molecule has 2 heterocycles. The zero-order valence-electron chi connectivity index (χ0n) is 12.7. The number of amides is 1. The molecule has 0 unspecified atom stereocenters. The maximum Gasteiger partial charge on any atom is 0.239 e. The van der Waals surface area contributed by atoms with Crippen molar-refractivity contribution in [2.75, 3.05) is 0 Å². The highest BCUT2D eigenvalue weighted by molar-refractivity contribution is 9.10. The van der Waals surface area contributed by atoms with E-state index in [0.29, 0.717) is 11.3 Å². The first-order chi connectivity index (χ1) is 11.3. The predicted molar refractivity (Wildman–Crippen MR) is 96.4 cm³/mol. The predicted octanol–water partition coefficient (Wildman–Crippen LogP) is 2.66. The van der Waals surface area contributed by atoms with E-state index < -0.39 is 15.9 Å². The summed E-state index contributed by atoms with van der Waals surface area (Å²) >= 11 is 4.77. The molecule has 6 nitrogen and oxygen atoms in total. The van der Waals surface area contributed by atoms with Crippen LogP contribution in [-0.4, -0.2) is 23.7 Å². The first-order valence-corrected chi connectivity index (χ1v) is 10.3. The van der Waals surface area contributed by atoms with Crippen molar-refractivity contribution in [3.63, 3.8) is 0 Å². The summed E-state index contributed by atoms with van der Waals surface area (Å²) in [5.41, 5.74) is 2.17. The van der Waals surface area contributed by atoms with Gasteiger partial charge in [0.25, 0.3) is 0 Å². The molecule has 24 heavy (non-hydrogen) atoms. The van der Waals surface area contributed by atoms with Gasteiger partial charge >= 0.3 is 0 Å². The number of imidazole rings is 1. The molecule has 3 aromatic rings. The van der Waals surface area contributed by atoms with Crippen LogP contribution in [0.15, 0.2) is 40.3 Å². The number of benzene rings is 1. The van der Waals surface area contributed by atoms with E-state index in [1.807, 2.05) is 16.7 Å². The Labute approximate surface area is 151 Å². The number of rotatable bonds is 5. The van der Waals surface area contributed by atoms with Crippen molar-refractivity contribution in [1.29, 1.82) is 0 Å². The number of nitrogens with one attached hydrogen (secondary N) is 1. The molecule has 0 aliphatic rings. The first-order valence-electron chi connectivity index (χ1n) is 7.02. The summed E-state index contributed by atoms with van der Waals surface area (Å²) in [6.45, 7) is 1.94. The standard InChI is InChI=1S/C15H14BrN3O3S2/c1-10-8-23-15-17-13(7-19(10)15)6-14(20)18-24(21,22)9-11-3-2-4-12(16)5-11/h2-5,7-8H,6,9H2,1H3,(H,18,20). The van der Waals surface area contributed by atoms with E-state index in [1.165, 1.54) is 11.3 Å². The number of nitrogens with zero attached hydrogens (tertiary/aromatic N) is 2. The lowest BCUT2D eigenvalue weighted by atomic mass is 10.2. The lowest BCUT2D eigenvalue weighted by molar-refractivity contribution is -0.118. The number of carbonyl (C=O) groups excluding carboxylic acids is 1. The maximum atomic E-state index is 12.1. The van der Waals surface area contributed by atoms with E-state index in [2.05, 4.69) is 25.6 Å². The zero-order valence-corrected chi connectivity index (χ0v) is 15.9. The molecule has 0 bridgehead atoms. The normalized spacial score (nSPS) is 11.8. The van der Waals surface area contributed by atoms with Crippen LogP contribution in [0.1, 0.15) is 17.0 Å². The molecule has 1 N–H and O–H groups in total. The fourth-order valence-electron chi connectivity index (χ4n) is 2.28. The molecule has 0 radical (unpaired) electrons. The zero-order chi connectivity index (χ0) is 17.3. The molecule has 0 saturated carbocycles. The van der Waals surface area contributed by atoms with Crippen LogP contribution in [0.3, 0.4) is 0 Å². The average molecular weight is 428 g/mol. The van der Waals surface area contributed by atoms with Crippen molar-refractivity contribution in [3.05, 3.63) is 57.3 Å². The monoisotopic (exact) mass is 427 g/mol. The van der Waals surface area contributed by atoms with Gasteiger partial charge in [0, 0.05) is 21.7 Å². The fourth-order valence-corrected chi connectivity index (χ4v) is 4.71. The first kappa shape index (κ1) is 17.1. The van der Waals surface area contributed by atoms with Gasteiger partial charge in [-0.15, -0.1) is 11.3 Å². The number of halogens is 1. The number of carbonyl (C=O) groups is 1. The Bertz CT molecular complexity index is 1010. The van der Waals surface area contributed by atoms with Gasteiger partial charge in [-0.3, -0.25) is 13.9 Å². The maximum absolute atomic E-state index is 12.1. The number of hydrogen-bond donors (Lipinski definition) is 1. The molecular weight excluding hydrogens is 414 g/mol. The van der Waals surface area contributed by atoms with E-state index >= 15 is 0 Å². The number of fused-ring (bicyclic) bond motifs is 1. The molecule has 1 amide bonds. The quantitative estimate of drug-likeness (QED) is 0.678. The Morgan fingerprint density at radius 3 is 2.92 bits per heavy atom. The number of sulfonamides is 1. The van der Waals surface area contributed by atoms with Crippen molar-refractivity contribution >= 4 is 48.2 Å². The molecule has 3 rings (SSSR count). The molecular formula is C15H14BrN3O3S2. The minimum atomic E-state index is -3.75. The van der Waals surface area contributed by atoms with Crippen molar-refractivity contribution in [2.24, 2.45) is 0 Å². The fraction of sp³-hybridized carbons (Fsp3) is 0.200. The Balaban J connectivity index is 1.66. The second-order valence-electron chi connectivity index (χ2n) is 5.35. The Morgan fingerprint density at radius 1 is 1.42 bits per heavy atom. The third kappa shape index (κ3) is 4.03. The Hall–Kier alpha value is -1.71. The van der Waals surface area contributed by atoms with Crippen LogP contribution in [0, 0.1) is 6.92 Å². The highest BCUT2D eigenvalue weighted by Gasteiger charge is 2.17. The SMILES string of the molecule is Cc1csc2nc(CC(=O)NS(=O)(=O)Cc3cccc(Br)c3)cn12. The lowest BCUT2D eigenvalue weighted by Crippen LogP contribution is -2.32. The Morgan fingerprint density at radius 2 is 2.21 bits per heavy atom. The van der Waals surface area contributed by atoms with Gasteiger partial charge in [-0.25, -0.2) is 13.4 Å². The molecule has 1 aromatic carbocycles. The van der Waals surface area contributed by atoms with Crippen molar-refractivity contribution in [3.8, 4) is 0 Å². The third-order valence-corrected chi connectivity index (χ3v) is 6.00. The van der Waals surface area contributed by atoms with E-state index in [1.54, 1.807) is 30.5 Å². The molecule has 0 spiro atoms. The lowest BCUT2D eigenvalue weighted by Gasteiger charge is -2.06. The summed E-state index contributed by atoms with van der Waals surface area (Å²) in [5.74, 6) is -0.844. The summed E-state index contributed by atoms with van der Waals surface area (Å²) in [5, 5.41) is 1.97. The van der Waals surface area contributed by atoms with E-state index in [-0.39, 0.29) is 12.2 Å². The average Bonchev–Trinajstić information content (AvgIpc) is 2.99. The van der Waals surface area contributed by atoms with Gasteiger partial charge in [-0.1, -0.05) is 28.1 Å². The Kier molecular flexibility index (Phi) is 4.75. The minimum absolute atomic E-state index is 0.0778. The molecule has 0 atom stereocenters. The highest BCUT2D eigenvalue weighted by Crippen LogP contribution is 2.16. The molecule has 0 fully saturated rings. The summed E-state index contributed by atoms with van der Waals surface area (Å²) in [4.78, 5) is 17.1. The van der Waals surface area contributed by atoms with Crippen LogP contribution >= 0.6 is 27.3 Å². The van der Waals surface area contributed by atoms with Gasteiger partial charge in [0.1, 0.15) is 0 Å². The smallest absolute Gasteiger partial charge is 0.239 e. The molecule has 0 saturated heterocycles. The number of aromatic nitrogens is 2. The number of hydrogen-bond acceptors (Lipinski definition) is 5. The molecule has 9 heteroatoms. The van der Waals surface area contributed by atoms with Crippen molar-refractivity contribution in [1.82, 2.24) is 14.1 Å². The topological polar surface area (TPSA) is 80.5 Å². The number of thiazole rings is 1. The molecule has 126 valence electrons. The van der Waals surface area contributed by atoms with Crippen molar-refractivity contribution in [2.45, 2.75) is 19.1 Å². The van der Waals surface area contributed by atoms with Crippen LogP contribution in [0.5, 0.6) is 0 Å². The summed E-state index contributed by atoms with van der Waals surface area (Å²) in [7, 11) is -3.75.